The van der Waals surface area contributed by atoms with E-state index in [-0.39, 0.29) is 17.8 Å². The molecule has 1 aliphatic heterocycles. The van der Waals surface area contributed by atoms with Gasteiger partial charge in [-0.1, -0.05) is 46.6 Å². The Kier molecular flexibility index (Phi) is 8.45. The summed E-state index contributed by atoms with van der Waals surface area (Å²) in [6.45, 7) is 14.1. The van der Waals surface area contributed by atoms with Crippen LogP contribution in [0.4, 0.5) is 11.6 Å². The first-order valence-electron chi connectivity index (χ1n) is 13.4. The molecule has 0 unspecified atom stereocenters. The number of pyridine rings is 1. The summed E-state index contributed by atoms with van der Waals surface area (Å²) in [7, 11) is 0. The second-order valence-electron chi connectivity index (χ2n) is 10.1. The normalized spacial score (nSPS) is 15.7. The van der Waals surface area contributed by atoms with Gasteiger partial charge >= 0.3 is 6.01 Å². The Balaban J connectivity index is 1.43. The molecule has 2 N–H and O–H groups in total. The SMILES string of the molecule is CCCCOc1nc(N)c2ncc(Cc3cnc(N4CCN(C(=O)[C@@H](C)[C@@H](C)CC)CC4)c(C)c3)n2n1. The average Bonchev–Trinajstić information content (AvgIpc) is 3.30. The Labute approximate surface area is 219 Å². The van der Waals surface area contributed by atoms with E-state index in [2.05, 4.69) is 60.7 Å². The van der Waals surface area contributed by atoms with Crippen LogP contribution >= 0.6 is 0 Å². The number of rotatable bonds is 10. The van der Waals surface area contributed by atoms with Crippen LogP contribution in [-0.2, 0) is 11.2 Å². The number of piperazine rings is 1. The highest BCUT2D eigenvalue weighted by atomic mass is 16.5. The van der Waals surface area contributed by atoms with Gasteiger partial charge in [-0.05, 0) is 30.4 Å². The fraction of sp³-hybridized carbons (Fsp3) is 0.593. The maximum atomic E-state index is 12.9. The number of carbonyl (C=O) groups is 1. The summed E-state index contributed by atoms with van der Waals surface area (Å²) < 4.78 is 7.38. The minimum Gasteiger partial charge on any atom is -0.462 e. The molecule has 0 aliphatic carbocycles. The number of aryl methyl sites for hydroxylation is 1. The first-order chi connectivity index (χ1) is 17.8. The summed E-state index contributed by atoms with van der Waals surface area (Å²) in [4.78, 5) is 30.6. The molecule has 1 saturated heterocycles. The topological polar surface area (TPSA) is 115 Å². The van der Waals surface area contributed by atoms with Crippen LogP contribution in [0.3, 0.4) is 0 Å². The molecule has 1 aliphatic rings. The lowest BCUT2D eigenvalue weighted by Gasteiger charge is -2.37. The molecule has 2 atom stereocenters. The molecule has 0 saturated carbocycles. The van der Waals surface area contributed by atoms with Gasteiger partial charge < -0.3 is 20.3 Å². The number of amides is 1. The number of hydrogen-bond donors (Lipinski definition) is 1. The van der Waals surface area contributed by atoms with Crippen LogP contribution in [0.5, 0.6) is 6.01 Å². The van der Waals surface area contributed by atoms with E-state index in [0.717, 1.165) is 68.1 Å². The van der Waals surface area contributed by atoms with Gasteiger partial charge in [0.15, 0.2) is 11.5 Å². The number of anilines is 2. The van der Waals surface area contributed by atoms with Crippen molar-refractivity contribution in [1.82, 2.24) is 29.5 Å². The first kappa shape index (κ1) is 26.6. The number of carbonyl (C=O) groups excluding carboxylic acids is 1. The molecule has 0 bridgehead atoms. The third-order valence-electron chi connectivity index (χ3n) is 7.44. The Bertz CT molecular complexity index is 1220. The second-order valence-corrected chi connectivity index (χ2v) is 10.1. The zero-order valence-corrected chi connectivity index (χ0v) is 22.8. The summed E-state index contributed by atoms with van der Waals surface area (Å²) in [5, 5.41) is 4.51. The molecule has 200 valence electrons. The van der Waals surface area contributed by atoms with Gasteiger partial charge in [0.25, 0.3) is 0 Å². The number of nitrogens with two attached hydrogens (primary N) is 1. The maximum Gasteiger partial charge on any atom is 0.336 e. The number of fused-ring (bicyclic) bond motifs is 1. The lowest BCUT2D eigenvalue weighted by atomic mass is 9.92. The molecule has 3 aromatic heterocycles. The van der Waals surface area contributed by atoms with E-state index >= 15 is 0 Å². The second kappa shape index (κ2) is 11.7. The predicted molar refractivity (Wildman–Crippen MR) is 145 cm³/mol. The van der Waals surface area contributed by atoms with E-state index in [1.165, 1.54) is 0 Å². The molecule has 10 heteroatoms. The quantitative estimate of drug-likeness (QED) is 0.414. The third-order valence-corrected chi connectivity index (χ3v) is 7.44. The van der Waals surface area contributed by atoms with Gasteiger partial charge in [-0.3, -0.25) is 4.79 Å². The van der Waals surface area contributed by atoms with Crippen LogP contribution in [-0.4, -0.2) is 68.2 Å². The van der Waals surface area contributed by atoms with Crippen molar-refractivity contribution in [3.63, 3.8) is 0 Å². The fourth-order valence-corrected chi connectivity index (χ4v) is 4.70. The first-order valence-corrected chi connectivity index (χ1v) is 13.4. The lowest BCUT2D eigenvalue weighted by molar-refractivity contribution is -0.136. The number of nitrogens with zero attached hydrogens (tertiary/aromatic N) is 7. The standard InChI is InChI=1S/C27H40N8O2/c1-6-8-13-37-27-31-23(28)25-30-17-22(35(25)32-27)15-21-14-19(4)24(29-16-21)33-9-11-34(12-10-33)26(36)20(5)18(3)7-2/h14,16-18,20H,6-13,15H2,1-5H3,(H2,28,31,32)/t18-,20-/m0/s1. The maximum absolute atomic E-state index is 12.9. The van der Waals surface area contributed by atoms with E-state index in [4.69, 9.17) is 15.5 Å². The van der Waals surface area contributed by atoms with Crippen LogP contribution in [0.25, 0.3) is 5.65 Å². The summed E-state index contributed by atoms with van der Waals surface area (Å²) in [6.07, 6.45) is 7.27. The Morgan fingerprint density at radius 2 is 1.89 bits per heavy atom. The molecule has 0 radical (unpaired) electrons. The molecule has 4 heterocycles. The molecule has 4 rings (SSSR count). The third kappa shape index (κ3) is 5.94. The van der Waals surface area contributed by atoms with Crippen molar-refractivity contribution in [2.45, 2.75) is 60.3 Å². The Hall–Kier alpha value is -3.43. The van der Waals surface area contributed by atoms with Gasteiger partial charge in [0.1, 0.15) is 5.82 Å². The summed E-state index contributed by atoms with van der Waals surface area (Å²) in [5.74, 6) is 2.01. The van der Waals surface area contributed by atoms with Crippen LogP contribution in [0.15, 0.2) is 18.5 Å². The smallest absolute Gasteiger partial charge is 0.336 e. The number of aromatic nitrogens is 5. The van der Waals surface area contributed by atoms with Gasteiger partial charge in [0.05, 0.1) is 18.5 Å². The van der Waals surface area contributed by atoms with Gasteiger partial charge in [-0.15, -0.1) is 5.10 Å². The van der Waals surface area contributed by atoms with Crippen molar-refractivity contribution in [2.75, 3.05) is 43.4 Å². The molecule has 1 fully saturated rings. The monoisotopic (exact) mass is 508 g/mol. The number of ether oxygens (including phenoxy) is 1. The summed E-state index contributed by atoms with van der Waals surface area (Å²) in [5.41, 5.74) is 9.68. The zero-order chi connectivity index (χ0) is 26.5. The van der Waals surface area contributed by atoms with Gasteiger partial charge in [-0.25, -0.2) is 14.5 Å². The molecular formula is C27H40N8O2. The van der Waals surface area contributed by atoms with Gasteiger partial charge in [0, 0.05) is 44.7 Å². The van der Waals surface area contributed by atoms with E-state index in [1.54, 1.807) is 10.7 Å². The van der Waals surface area contributed by atoms with Crippen molar-refractivity contribution in [3.8, 4) is 6.01 Å². The fourth-order valence-electron chi connectivity index (χ4n) is 4.70. The average molecular weight is 509 g/mol. The highest BCUT2D eigenvalue weighted by Crippen LogP contribution is 2.24. The van der Waals surface area contributed by atoms with E-state index in [1.807, 2.05) is 11.1 Å². The van der Waals surface area contributed by atoms with E-state index < -0.39 is 0 Å². The molecule has 0 aromatic carbocycles. The number of unbranched alkanes of at least 4 members (excludes halogenated alkanes) is 1. The van der Waals surface area contributed by atoms with E-state index in [9.17, 15) is 4.79 Å². The van der Waals surface area contributed by atoms with Gasteiger partial charge in [-0.2, -0.15) is 4.98 Å². The summed E-state index contributed by atoms with van der Waals surface area (Å²) >= 11 is 0. The van der Waals surface area contributed by atoms with Crippen LogP contribution in [0, 0.1) is 18.8 Å². The molecule has 37 heavy (non-hydrogen) atoms. The minimum absolute atomic E-state index is 0.0647. The van der Waals surface area contributed by atoms with Crippen molar-refractivity contribution < 1.29 is 9.53 Å². The van der Waals surface area contributed by atoms with Crippen LogP contribution in [0.1, 0.15) is 63.8 Å². The van der Waals surface area contributed by atoms with Crippen molar-refractivity contribution in [2.24, 2.45) is 11.8 Å². The van der Waals surface area contributed by atoms with Crippen molar-refractivity contribution in [1.29, 1.82) is 0 Å². The van der Waals surface area contributed by atoms with Crippen LogP contribution in [0.2, 0.25) is 0 Å². The highest BCUT2D eigenvalue weighted by Gasteiger charge is 2.28. The van der Waals surface area contributed by atoms with Crippen LogP contribution < -0.4 is 15.4 Å². The molecule has 10 nitrogen and oxygen atoms in total. The minimum atomic E-state index is 0.0647. The lowest BCUT2D eigenvalue weighted by Crippen LogP contribution is -2.51. The molecular weight excluding hydrogens is 468 g/mol. The predicted octanol–water partition coefficient (Wildman–Crippen LogP) is 3.51. The van der Waals surface area contributed by atoms with Gasteiger partial charge in [0.2, 0.25) is 5.91 Å². The molecule has 0 spiro atoms. The Morgan fingerprint density at radius 3 is 2.57 bits per heavy atom. The number of hydrogen-bond acceptors (Lipinski definition) is 8. The zero-order valence-electron chi connectivity index (χ0n) is 22.8. The number of imidazole rings is 1. The molecule has 1 amide bonds. The highest BCUT2D eigenvalue weighted by molar-refractivity contribution is 5.79. The number of nitrogen functional groups attached to an aromatic ring is 1. The van der Waals surface area contributed by atoms with E-state index in [0.29, 0.717) is 30.4 Å². The summed E-state index contributed by atoms with van der Waals surface area (Å²) in [6, 6.07) is 2.42. The van der Waals surface area contributed by atoms with Crippen molar-refractivity contribution >= 4 is 23.2 Å². The Morgan fingerprint density at radius 1 is 1.14 bits per heavy atom. The van der Waals surface area contributed by atoms with Crippen molar-refractivity contribution in [3.05, 3.63) is 35.3 Å². The largest absolute Gasteiger partial charge is 0.462 e. The molecule has 3 aromatic rings.